The van der Waals surface area contributed by atoms with Gasteiger partial charge in [-0.05, 0) is 30.3 Å². The van der Waals surface area contributed by atoms with E-state index in [1.165, 1.54) is 25.0 Å². The van der Waals surface area contributed by atoms with E-state index in [2.05, 4.69) is 5.32 Å². The van der Waals surface area contributed by atoms with Crippen molar-refractivity contribution in [2.45, 2.75) is 6.92 Å². The van der Waals surface area contributed by atoms with Crippen molar-refractivity contribution in [3.05, 3.63) is 48.0 Å². The number of esters is 1. The van der Waals surface area contributed by atoms with Crippen LogP contribution in [0.15, 0.2) is 42.5 Å². The summed E-state index contributed by atoms with van der Waals surface area (Å²) in [6.07, 6.45) is 0. The Morgan fingerprint density at radius 2 is 1.82 bits per heavy atom. The number of amides is 2. The van der Waals surface area contributed by atoms with Crippen molar-refractivity contribution in [2.75, 3.05) is 37.1 Å². The minimum Gasteiger partial charge on any atom is -0.486 e. The lowest BCUT2D eigenvalue weighted by Gasteiger charge is -2.22. The predicted octanol–water partition coefficient (Wildman–Crippen LogP) is 2.24. The predicted molar refractivity (Wildman–Crippen MR) is 102 cm³/mol. The monoisotopic (exact) mass is 384 g/mol. The lowest BCUT2D eigenvalue weighted by Crippen LogP contribution is -2.36. The maximum Gasteiger partial charge on any atom is 0.337 e. The number of rotatable bonds is 5. The third-order valence-electron chi connectivity index (χ3n) is 4.09. The van der Waals surface area contributed by atoms with Crippen LogP contribution in [0.3, 0.4) is 0 Å². The second-order valence-corrected chi connectivity index (χ2v) is 6.05. The van der Waals surface area contributed by atoms with Crippen molar-refractivity contribution in [1.82, 2.24) is 0 Å². The molecular weight excluding hydrogens is 364 g/mol. The minimum absolute atomic E-state index is 0.214. The van der Waals surface area contributed by atoms with Crippen molar-refractivity contribution in [3.63, 3.8) is 0 Å². The molecule has 0 radical (unpaired) electrons. The van der Waals surface area contributed by atoms with Gasteiger partial charge in [-0.3, -0.25) is 9.59 Å². The smallest absolute Gasteiger partial charge is 0.337 e. The number of carbonyl (C=O) groups excluding carboxylic acids is 3. The van der Waals surface area contributed by atoms with Gasteiger partial charge in [0.05, 0.1) is 12.7 Å². The Kier molecular flexibility index (Phi) is 5.78. The quantitative estimate of drug-likeness (QED) is 0.795. The molecular formula is C20H20N2O6. The first-order valence-corrected chi connectivity index (χ1v) is 8.64. The zero-order chi connectivity index (χ0) is 20.1. The largest absolute Gasteiger partial charge is 0.486 e. The lowest BCUT2D eigenvalue weighted by atomic mass is 10.2. The molecule has 3 rings (SSSR count). The Labute approximate surface area is 162 Å². The number of hydrogen-bond donors (Lipinski definition) is 1. The summed E-state index contributed by atoms with van der Waals surface area (Å²) in [5.41, 5.74) is 1.24. The third kappa shape index (κ3) is 4.40. The first-order chi connectivity index (χ1) is 13.5. The molecule has 1 aliphatic heterocycles. The van der Waals surface area contributed by atoms with Crippen LogP contribution >= 0.6 is 0 Å². The Balaban J connectivity index is 1.73. The molecule has 28 heavy (non-hydrogen) atoms. The lowest BCUT2D eigenvalue weighted by molar-refractivity contribution is -0.120. The number of nitrogens with zero attached hydrogens (tertiary/aromatic N) is 1. The van der Waals surface area contributed by atoms with Crippen LogP contribution in [0.1, 0.15) is 17.3 Å². The van der Waals surface area contributed by atoms with Gasteiger partial charge >= 0.3 is 5.97 Å². The molecule has 2 amide bonds. The average Bonchev–Trinajstić information content (AvgIpc) is 2.71. The van der Waals surface area contributed by atoms with Crippen LogP contribution in [0.5, 0.6) is 11.5 Å². The molecule has 0 aliphatic carbocycles. The maximum absolute atomic E-state index is 12.5. The van der Waals surface area contributed by atoms with Gasteiger partial charge in [0, 0.05) is 24.4 Å². The highest BCUT2D eigenvalue weighted by molar-refractivity contribution is 6.02. The van der Waals surface area contributed by atoms with Gasteiger partial charge in [-0.1, -0.05) is 6.07 Å². The Morgan fingerprint density at radius 3 is 2.54 bits per heavy atom. The number of anilines is 2. The molecule has 1 heterocycles. The highest BCUT2D eigenvalue weighted by atomic mass is 16.6. The molecule has 8 nitrogen and oxygen atoms in total. The van der Waals surface area contributed by atoms with Crippen molar-refractivity contribution >= 4 is 29.2 Å². The van der Waals surface area contributed by atoms with E-state index in [9.17, 15) is 14.4 Å². The second-order valence-electron chi connectivity index (χ2n) is 6.05. The third-order valence-corrected chi connectivity index (χ3v) is 4.09. The topological polar surface area (TPSA) is 94.2 Å². The van der Waals surface area contributed by atoms with E-state index in [-0.39, 0.29) is 12.5 Å². The number of benzene rings is 2. The van der Waals surface area contributed by atoms with Gasteiger partial charge in [-0.25, -0.2) is 4.79 Å². The zero-order valence-electron chi connectivity index (χ0n) is 15.6. The van der Waals surface area contributed by atoms with E-state index in [4.69, 9.17) is 14.2 Å². The molecule has 0 spiro atoms. The highest BCUT2D eigenvalue weighted by Gasteiger charge is 2.19. The van der Waals surface area contributed by atoms with Gasteiger partial charge in [-0.2, -0.15) is 0 Å². The minimum atomic E-state index is -0.522. The number of methoxy groups -OCH3 is 1. The molecule has 2 aromatic rings. The average molecular weight is 384 g/mol. The molecule has 0 saturated carbocycles. The van der Waals surface area contributed by atoms with Gasteiger partial charge in [-0.15, -0.1) is 0 Å². The number of hydrogen-bond acceptors (Lipinski definition) is 6. The number of fused-ring (bicyclic) bond motifs is 1. The summed E-state index contributed by atoms with van der Waals surface area (Å²) in [7, 11) is 1.28. The summed E-state index contributed by atoms with van der Waals surface area (Å²) in [6, 6.07) is 11.4. The van der Waals surface area contributed by atoms with Crippen molar-refractivity contribution in [2.24, 2.45) is 0 Å². The van der Waals surface area contributed by atoms with Crippen LogP contribution < -0.4 is 19.7 Å². The Bertz CT molecular complexity index is 911. The fourth-order valence-corrected chi connectivity index (χ4v) is 2.77. The number of ether oxygens (including phenoxy) is 3. The molecule has 0 saturated heterocycles. The molecule has 0 aromatic heterocycles. The molecule has 2 aromatic carbocycles. The van der Waals surface area contributed by atoms with Crippen LogP contribution in [0.25, 0.3) is 0 Å². The Morgan fingerprint density at radius 1 is 1.07 bits per heavy atom. The van der Waals surface area contributed by atoms with Crippen molar-refractivity contribution in [3.8, 4) is 11.5 Å². The first kappa shape index (κ1) is 19.2. The van der Waals surface area contributed by atoms with Gasteiger partial charge in [0.15, 0.2) is 11.5 Å². The van der Waals surface area contributed by atoms with Gasteiger partial charge in [0.25, 0.3) is 0 Å². The highest BCUT2D eigenvalue weighted by Crippen LogP contribution is 2.32. The van der Waals surface area contributed by atoms with Crippen LogP contribution in [0, 0.1) is 0 Å². The van der Waals surface area contributed by atoms with Crippen LogP contribution in [0.4, 0.5) is 11.4 Å². The Hall–Kier alpha value is -3.55. The van der Waals surface area contributed by atoms with E-state index >= 15 is 0 Å². The molecule has 146 valence electrons. The van der Waals surface area contributed by atoms with Crippen LogP contribution in [-0.4, -0.2) is 44.7 Å². The summed E-state index contributed by atoms with van der Waals surface area (Å²) in [5.74, 6) is -0.0757. The molecule has 1 N–H and O–H groups in total. The van der Waals surface area contributed by atoms with Gasteiger partial charge in [0.2, 0.25) is 11.8 Å². The fourth-order valence-electron chi connectivity index (χ4n) is 2.77. The SMILES string of the molecule is COC(=O)c1cccc(N(CC(=O)Nc2ccc3c(c2)OCCO3)C(C)=O)c1. The van der Waals surface area contributed by atoms with Crippen molar-refractivity contribution < 1.29 is 28.6 Å². The number of nitrogens with one attached hydrogen (secondary N) is 1. The summed E-state index contributed by atoms with van der Waals surface area (Å²) < 4.78 is 15.6. The standard InChI is InChI=1S/C20H20N2O6/c1-13(23)22(16-5-3-4-14(10-16)20(25)26-2)12-19(24)21-15-6-7-17-18(11-15)28-9-8-27-17/h3-7,10-11H,8-9,12H2,1-2H3,(H,21,24). The van der Waals surface area contributed by atoms with Gasteiger partial charge < -0.3 is 24.4 Å². The molecule has 0 bridgehead atoms. The van der Waals surface area contributed by atoms with Gasteiger partial charge in [0.1, 0.15) is 19.8 Å². The first-order valence-electron chi connectivity index (χ1n) is 8.64. The normalized spacial score (nSPS) is 12.1. The molecule has 0 fully saturated rings. The summed E-state index contributed by atoms with van der Waals surface area (Å²) in [4.78, 5) is 37.5. The maximum atomic E-state index is 12.5. The van der Waals surface area contributed by atoms with Crippen molar-refractivity contribution in [1.29, 1.82) is 0 Å². The van der Waals surface area contributed by atoms with E-state index in [0.29, 0.717) is 41.7 Å². The second kappa shape index (κ2) is 8.43. The fraction of sp³-hybridized carbons (Fsp3) is 0.250. The molecule has 1 aliphatic rings. The van der Waals surface area contributed by atoms with E-state index in [1.54, 1.807) is 36.4 Å². The molecule has 8 heteroatoms. The van der Waals surface area contributed by atoms with E-state index in [0.717, 1.165) is 0 Å². The zero-order valence-corrected chi connectivity index (χ0v) is 15.6. The summed E-state index contributed by atoms with van der Waals surface area (Å²) in [5, 5.41) is 2.74. The summed E-state index contributed by atoms with van der Waals surface area (Å²) >= 11 is 0. The molecule has 0 unspecified atom stereocenters. The van der Waals surface area contributed by atoms with E-state index in [1.807, 2.05) is 0 Å². The van der Waals surface area contributed by atoms with Crippen LogP contribution in [-0.2, 0) is 14.3 Å². The molecule has 0 atom stereocenters. The van der Waals surface area contributed by atoms with E-state index < -0.39 is 11.9 Å². The van der Waals surface area contributed by atoms with Crippen LogP contribution in [0.2, 0.25) is 0 Å². The number of carbonyl (C=O) groups is 3. The summed E-state index contributed by atoms with van der Waals surface area (Å²) in [6.45, 7) is 2.06.